The van der Waals surface area contributed by atoms with Gasteiger partial charge in [-0.15, -0.1) is 0 Å². The van der Waals surface area contributed by atoms with Gasteiger partial charge in [-0.3, -0.25) is 9.78 Å². The maximum Gasteiger partial charge on any atom is 0.257 e. The molecule has 0 aliphatic heterocycles. The van der Waals surface area contributed by atoms with Gasteiger partial charge in [-0.1, -0.05) is 28.1 Å². The van der Waals surface area contributed by atoms with Gasteiger partial charge in [0.25, 0.3) is 5.91 Å². The number of benzene rings is 1. The SMILES string of the molecule is O=C(Nc1cc(Br)ccn1)c1cccc2ncccc12. The molecular formula is C15H10BrN3O. The Kier molecular flexibility index (Phi) is 3.43. The molecule has 0 radical (unpaired) electrons. The van der Waals surface area contributed by atoms with Crippen molar-refractivity contribution in [1.82, 2.24) is 9.97 Å². The molecular weight excluding hydrogens is 318 g/mol. The van der Waals surface area contributed by atoms with Gasteiger partial charge < -0.3 is 5.32 Å². The third-order valence-corrected chi connectivity index (χ3v) is 3.35. The molecule has 0 aliphatic carbocycles. The van der Waals surface area contributed by atoms with Crippen LogP contribution in [0.2, 0.25) is 0 Å². The molecule has 3 rings (SSSR count). The molecule has 2 aromatic heterocycles. The number of aromatic nitrogens is 2. The molecule has 98 valence electrons. The highest BCUT2D eigenvalue weighted by atomic mass is 79.9. The number of anilines is 1. The van der Waals surface area contributed by atoms with Crippen molar-refractivity contribution in [2.24, 2.45) is 0 Å². The number of nitrogens with zero attached hydrogens (tertiary/aromatic N) is 2. The Morgan fingerprint density at radius 1 is 1.05 bits per heavy atom. The predicted molar refractivity (Wildman–Crippen MR) is 81.6 cm³/mol. The second-order valence-electron chi connectivity index (χ2n) is 4.19. The summed E-state index contributed by atoms with van der Waals surface area (Å²) in [4.78, 5) is 20.7. The van der Waals surface area contributed by atoms with Crippen LogP contribution in [0.4, 0.5) is 5.82 Å². The number of hydrogen-bond acceptors (Lipinski definition) is 3. The average Bonchev–Trinajstić information content (AvgIpc) is 2.46. The van der Waals surface area contributed by atoms with Crippen molar-refractivity contribution in [2.75, 3.05) is 5.32 Å². The van der Waals surface area contributed by atoms with E-state index < -0.39 is 0 Å². The fourth-order valence-corrected chi connectivity index (χ4v) is 2.29. The van der Waals surface area contributed by atoms with Crippen LogP contribution in [-0.2, 0) is 0 Å². The summed E-state index contributed by atoms with van der Waals surface area (Å²) >= 11 is 3.35. The van der Waals surface area contributed by atoms with Gasteiger partial charge in [0.2, 0.25) is 0 Å². The zero-order valence-corrected chi connectivity index (χ0v) is 12.0. The highest BCUT2D eigenvalue weighted by molar-refractivity contribution is 9.10. The van der Waals surface area contributed by atoms with Gasteiger partial charge in [0.15, 0.2) is 0 Å². The van der Waals surface area contributed by atoms with E-state index in [0.29, 0.717) is 11.4 Å². The summed E-state index contributed by atoms with van der Waals surface area (Å²) in [6, 6.07) is 12.7. The Balaban J connectivity index is 1.97. The first-order valence-corrected chi connectivity index (χ1v) is 6.80. The number of carbonyl (C=O) groups is 1. The summed E-state index contributed by atoms with van der Waals surface area (Å²) in [5.74, 6) is 0.305. The van der Waals surface area contributed by atoms with E-state index in [1.165, 1.54) is 0 Å². The van der Waals surface area contributed by atoms with Crippen LogP contribution in [0, 0.1) is 0 Å². The lowest BCUT2D eigenvalue weighted by molar-refractivity contribution is 0.102. The molecule has 0 unspecified atom stereocenters. The molecule has 3 aromatic rings. The van der Waals surface area contributed by atoms with Gasteiger partial charge in [-0.25, -0.2) is 4.98 Å². The summed E-state index contributed by atoms with van der Waals surface area (Å²) in [6.45, 7) is 0. The molecule has 0 atom stereocenters. The van der Waals surface area contributed by atoms with E-state index in [-0.39, 0.29) is 5.91 Å². The number of fused-ring (bicyclic) bond motifs is 1. The number of halogens is 1. The van der Waals surface area contributed by atoms with Gasteiger partial charge in [-0.05, 0) is 30.3 Å². The molecule has 0 saturated carbocycles. The molecule has 20 heavy (non-hydrogen) atoms. The summed E-state index contributed by atoms with van der Waals surface area (Å²) < 4.78 is 0.863. The van der Waals surface area contributed by atoms with Crippen molar-refractivity contribution in [3.63, 3.8) is 0 Å². The molecule has 0 aliphatic rings. The van der Waals surface area contributed by atoms with Crippen LogP contribution in [0.3, 0.4) is 0 Å². The van der Waals surface area contributed by atoms with E-state index >= 15 is 0 Å². The molecule has 1 aromatic carbocycles. The highest BCUT2D eigenvalue weighted by Gasteiger charge is 2.10. The molecule has 0 bridgehead atoms. The highest BCUT2D eigenvalue weighted by Crippen LogP contribution is 2.18. The molecule has 0 spiro atoms. The third kappa shape index (κ3) is 2.53. The zero-order valence-electron chi connectivity index (χ0n) is 10.4. The first-order chi connectivity index (χ1) is 9.74. The minimum Gasteiger partial charge on any atom is -0.307 e. The second kappa shape index (κ2) is 5.38. The lowest BCUT2D eigenvalue weighted by Gasteiger charge is -2.07. The summed E-state index contributed by atoms with van der Waals surface area (Å²) in [5.41, 5.74) is 1.37. The Hall–Kier alpha value is -2.27. The topological polar surface area (TPSA) is 54.9 Å². The largest absolute Gasteiger partial charge is 0.307 e. The van der Waals surface area contributed by atoms with Crippen LogP contribution in [-0.4, -0.2) is 15.9 Å². The van der Waals surface area contributed by atoms with Gasteiger partial charge in [0.1, 0.15) is 5.82 Å². The molecule has 1 N–H and O–H groups in total. The lowest BCUT2D eigenvalue weighted by atomic mass is 10.1. The van der Waals surface area contributed by atoms with Crippen molar-refractivity contribution in [1.29, 1.82) is 0 Å². The van der Waals surface area contributed by atoms with Gasteiger partial charge in [-0.2, -0.15) is 0 Å². The number of rotatable bonds is 2. The number of hydrogen-bond donors (Lipinski definition) is 1. The Morgan fingerprint density at radius 3 is 2.80 bits per heavy atom. The normalized spacial score (nSPS) is 10.4. The summed E-state index contributed by atoms with van der Waals surface area (Å²) in [6.07, 6.45) is 3.34. The fraction of sp³-hybridized carbons (Fsp3) is 0. The van der Waals surface area contributed by atoms with Crippen molar-refractivity contribution in [3.05, 3.63) is 64.9 Å². The standard InChI is InChI=1S/C15H10BrN3O/c16-10-6-8-18-14(9-10)19-15(20)12-3-1-5-13-11(12)4-2-7-17-13/h1-9H,(H,18,19,20). The maximum absolute atomic E-state index is 12.3. The van der Waals surface area contributed by atoms with E-state index in [4.69, 9.17) is 0 Å². The molecule has 0 saturated heterocycles. The van der Waals surface area contributed by atoms with Gasteiger partial charge in [0.05, 0.1) is 5.52 Å². The van der Waals surface area contributed by atoms with Crippen molar-refractivity contribution < 1.29 is 4.79 Å². The minimum absolute atomic E-state index is 0.200. The molecule has 4 nitrogen and oxygen atoms in total. The van der Waals surface area contributed by atoms with Crippen molar-refractivity contribution in [2.45, 2.75) is 0 Å². The van der Waals surface area contributed by atoms with Crippen LogP contribution in [0.1, 0.15) is 10.4 Å². The van der Waals surface area contributed by atoms with Crippen molar-refractivity contribution >= 4 is 38.6 Å². The number of amides is 1. The van der Waals surface area contributed by atoms with Gasteiger partial charge >= 0.3 is 0 Å². The van der Waals surface area contributed by atoms with E-state index in [0.717, 1.165) is 15.4 Å². The Morgan fingerprint density at radius 2 is 1.95 bits per heavy atom. The monoisotopic (exact) mass is 327 g/mol. The molecule has 2 heterocycles. The first-order valence-electron chi connectivity index (χ1n) is 6.01. The number of pyridine rings is 2. The zero-order chi connectivity index (χ0) is 13.9. The molecule has 1 amide bonds. The maximum atomic E-state index is 12.3. The minimum atomic E-state index is -0.200. The van der Waals surface area contributed by atoms with Gasteiger partial charge in [0, 0.05) is 27.8 Å². The van der Waals surface area contributed by atoms with Crippen LogP contribution in [0.5, 0.6) is 0 Å². The Bertz CT molecular complexity index is 783. The quantitative estimate of drug-likeness (QED) is 0.781. The van der Waals surface area contributed by atoms with Crippen LogP contribution < -0.4 is 5.32 Å². The van der Waals surface area contributed by atoms with Crippen molar-refractivity contribution in [3.8, 4) is 0 Å². The lowest BCUT2D eigenvalue weighted by Crippen LogP contribution is -2.13. The fourth-order valence-electron chi connectivity index (χ4n) is 1.96. The van der Waals surface area contributed by atoms with Crippen LogP contribution in [0.15, 0.2) is 59.3 Å². The second-order valence-corrected chi connectivity index (χ2v) is 5.10. The van der Waals surface area contributed by atoms with E-state index in [2.05, 4.69) is 31.2 Å². The van der Waals surface area contributed by atoms with E-state index in [9.17, 15) is 4.79 Å². The molecule has 0 fully saturated rings. The van der Waals surface area contributed by atoms with E-state index in [1.807, 2.05) is 24.3 Å². The Labute approximate surface area is 124 Å². The van der Waals surface area contributed by atoms with Crippen LogP contribution >= 0.6 is 15.9 Å². The average molecular weight is 328 g/mol. The first kappa shape index (κ1) is 12.7. The smallest absolute Gasteiger partial charge is 0.257 e. The predicted octanol–water partition coefficient (Wildman–Crippen LogP) is 3.64. The third-order valence-electron chi connectivity index (χ3n) is 2.85. The summed E-state index contributed by atoms with van der Waals surface area (Å²) in [7, 11) is 0. The number of carbonyl (C=O) groups excluding carboxylic acids is 1. The summed E-state index contributed by atoms with van der Waals surface area (Å²) in [5, 5.41) is 3.61. The van der Waals surface area contributed by atoms with E-state index in [1.54, 1.807) is 30.6 Å². The number of nitrogens with one attached hydrogen (secondary N) is 1. The van der Waals surface area contributed by atoms with Crippen LogP contribution in [0.25, 0.3) is 10.9 Å². The molecule has 5 heteroatoms.